The number of nitro benzene ring substituents is 1. The zero-order valence-corrected chi connectivity index (χ0v) is 9.74. The van der Waals surface area contributed by atoms with E-state index in [-0.39, 0.29) is 17.0 Å². The summed E-state index contributed by atoms with van der Waals surface area (Å²) < 4.78 is 5.42. The third-order valence-corrected chi connectivity index (χ3v) is 2.39. The van der Waals surface area contributed by atoms with E-state index in [2.05, 4.69) is 0 Å². The van der Waals surface area contributed by atoms with Crippen LogP contribution in [0.15, 0.2) is 42.5 Å². The number of nitriles is 1. The number of hydrogen-bond donors (Lipinski definition) is 1. The van der Waals surface area contributed by atoms with Gasteiger partial charge in [0, 0.05) is 11.8 Å². The number of nitro groups is 1. The van der Waals surface area contributed by atoms with Gasteiger partial charge in [-0.1, -0.05) is 12.1 Å². The summed E-state index contributed by atoms with van der Waals surface area (Å²) in [6, 6.07) is 12.6. The van der Waals surface area contributed by atoms with Crippen molar-refractivity contribution in [1.82, 2.24) is 0 Å². The fourth-order valence-corrected chi connectivity index (χ4v) is 1.59. The van der Waals surface area contributed by atoms with Gasteiger partial charge >= 0.3 is 5.69 Å². The molecule has 2 N–H and O–H groups in total. The highest BCUT2D eigenvalue weighted by atomic mass is 16.6. The molecule has 0 aromatic heterocycles. The van der Waals surface area contributed by atoms with E-state index in [9.17, 15) is 10.1 Å². The molecule has 0 atom stereocenters. The normalized spacial score (nSPS) is 9.63. The lowest BCUT2D eigenvalue weighted by Gasteiger charge is -2.07. The van der Waals surface area contributed by atoms with Gasteiger partial charge in [0.25, 0.3) is 0 Å². The average molecular weight is 255 g/mol. The van der Waals surface area contributed by atoms with E-state index in [4.69, 9.17) is 15.7 Å². The van der Waals surface area contributed by atoms with Crippen LogP contribution in [0.5, 0.6) is 11.5 Å². The lowest BCUT2D eigenvalue weighted by molar-refractivity contribution is -0.385. The Morgan fingerprint density at radius 1 is 1.26 bits per heavy atom. The summed E-state index contributed by atoms with van der Waals surface area (Å²) in [6.07, 6.45) is 0. The monoisotopic (exact) mass is 255 g/mol. The van der Waals surface area contributed by atoms with E-state index in [1.807, 2.05) is 0 Å². The summed E-state index contributed by atoms with van der Waals surface area (Å²) in [4.78, 5) is 10.4. The van der Waals surface area contributed by atoms with E-state index < -0.39 is 4.92 Å². The Morgan fingerprint density at radius 2 is 2.00 bits per heavy atom. The molecular weight excluding hydrogens is 246 g/mol. The van der Waals surface area contributed by atoms with E-state index >= 15 is 0 Å². The molecule has 6 nitrogen and oxygen atoms in total. The molecule has 94 valence electrons. The minimum absolute atomic E-state index is 0.00894. The van der Waals surface area contributed by atoms with Gasteiger partial charge in [0.2, 0.25) is 5.75 Å². The maximum absolute atomic E-state index is 11.0. The van der Waals surface area contributed by atoms with E-state index in [0.717, 1.165) is 0 Å². The van der Waals surface area contributed by atoms with Crippen LogP contribution in [0.4, 0.5) is 11.4 Å². The van der Waals surface area contributed by atoms with Crippen LogP contribution < -0.4 is 10.5 Å². The third-order valence-electron chi connectivity index (χ3n) is 2.39. The van der Waals surface area contributed by atoms with Crippen molar-refractivity contribution in [2.45, 2.75) is 0 Å². The molecule has 0 heterocycles. The highest BCUT2D eigenvalue weighted by Gasteiger charge is 2.21. The smallest absolute Gasteiger partial charge is 0.329 e. The number of nitrogens with two attached hydrogens (primary N) is 1. The minimum atomic E-state index is -0.639. The number of para-hydroxylation sites is 1. The Labute approximate surface area is 108 Å². The predicted octanol–water partition coefficient (Wildman–Crippen LogP) is 2.84. The fourth-order valence-electron chi connectivity index (χ4n) is 1.59. The molecule has 2 aromatic rings. The van der Waals surface area contributed by atoms with Crippen LogP contribution >= 0.6 is 0 Å². The van der Waals surface area contributed by atoms with Crippen molar-refractivity contribution >= 4 is 11.4 Å². The highest BCUT2D eigenvalue weighted by molar-refractivity contribution is 5.59. The van der Waals surface area contributed by atoms with Crippen LogP contribution in [0.1, 0.15) is 5.56 Å². The van der Waals surface area contributed by atoms with Crippen molar-refractivity contribution in [1.29, 1.82) is 5.26 Å². The number of benzene rings is 2. The summed E-state index contributed by atoms with van der Waals surface area (Å²) in [5, 5.41) is 19.9. The van der Waals surface area contributed by atoms with Gasteiger partial charge in [-0.05, 0) is 24.3 Å². The molecule has 0 amide bonds. The molecule has 2 aromatic carbocycles. The SMILES string of the molecule is N#Cc1cccc(Oc2cccc(N)c2)c1[N+](=O)[O-]. The molecule has 0 fully saturated rings. The third kappa shape index (κ3) is 2.61. The second-order valence-electron chi connectivity index (χ2n) is 3.70. The molecule has 6 heteroatoms. The van der Waals surface area contributed by atoms with Crippen molar-refractivity contribution < 1.29 is 9.66 Å². The molecule has 0 saturated carbocycles. The van der Waals surface area contributed by atoms with Gasteiger partial charge < -0.3 is 10.5 Å². The second-order valence-corrected chi connectivity index (χ2v) is 3.70. The van der Waals surface area contributed by atoms with Crippen LogP contribution in [0.25, 0.3) is 0 Å². The second kappa shape index (κ2) is 5.06. The van der Waals surface area contributed by atoms with Crippen molar-refractivity contribution in [3.8, 4) is 17.6 Å². The first kappa shape index (κ1) is 12.4. The summed E-state index contributed by atoms with van der Waals surface area (Å²) in [6.45, 7) is 0. The summed E-state index contributed by atoms with van der Waals surface area (Å²) >= 11 is 0. The summed E-state index contributed by atoms with van der Waals surface area (Å²) in [5.41, 5.74) is 5.68. The molecule has 0 aliphatic carbocycles. The molecule has 2 rings (SSSR count). The van der Waals surface area contributed by atoms with Crippen LogP contribution in [0.2, 0.25) is 0 Å². The first-order chi connectivity index (χ1) is 9.11. The van der Waals surface area contributed by atoms with Crippen molar-refractivity contribution in [2.24, 2.45) is 0 Å². The van der Waals surface area contributed by atoms with Gasteiger partial charge in [-0.15, -0.1) is 0 Å². The number of anilines is 1. The van der Waals surface area contributed by atoms with Crippen molar-refractivity contribution in [3.05, 3.63) is 58.1 Å². The maximum atomic E-state index is 11.0. The molecule has 0 unspecified atom stereocenters. The molecule has 0 spiro atoms. The van der Waals surface area contributed by atoms with Crippen LogP contribution in [-0.2, 0) is 0 Å². The van der Waals surface area contributed by atoms with Gasteiger partial charge in [-0.2, -0.15) is 5.26 Å². The molecule has 0 aliphatic heterocycles. The lowest BCUT2D eigenvalue weighted by atomic mass is 10.2. The Kier molecular flexibility index (Phi) is 3.30. The Balaban J connectivity index is 2.46. The van der Waals surface area contributed by atoms with Gasteiger partial charge in [0.15, 0.2) is 0 Å². The van der Waals surface area contributed by atoms with Crippen LogP contribution in [0.3, 0.4) is 0 Å². The topological polar surface area (TPSA) is 102 Å². The van der Waals surface area contributed by atoms with Gasteiger partial charge in [0.05, 0.1) is 4.92 Å². The number of rotatable bonds is 3. The first-order valence-electron chi connectivity index (χ1n) is 5.32. The highest BCUT2D eigenvalue weighted by Crippen LogP contribution is 2.34. The van der Waals surface area contributed by atoms with Crippen molar-refractivity contribution in [3.63, 3.8) is 0 Å². The van der Waals surface area contributed by atoms with Gasteiger partial charge in [-0.25, -0.2) is 0 Å². The fraction of sp³-hybridized carbons (Fsp3) is 0. The Hall–Kier alpha value is -3.07. The molecular formula is C13H9N3O3. The zero-order valence-electron chi connectivity index (χ0n) is 9.74. The van der Waals surface area contributed by atoms with Crippen molar-refractivity contribution in [2.75, 3.05) is 5.73 Å². The maximum Gasteiger partial charge on any atom is 0.329 e. The standard InChI is InChI=1S/C13H9N3O3/c14-8-9-3-1-6-12(13(9)16(17)18)19-11-5-2-4-10(15)7-11/h1-7H,15H2. The van der Waals surface area contributed by atoms with E-state index in [0.29, 0.717) is 11.4 Å². The summed E-state index contributed by atoms with van der Waals surface area (Å²) in [5.74, 6) is 0.382. The first-order valence-corrected chi connectivity index (χ1v) is 5.32. The van der Waals surface area contributed by atoms with E-state index in [1.165, 1.54) is 18.2 Å². The Morgan fingerprint density at radius 3 is 2.63 bits per heavy atom. The van der Waals surface area contributed by atoms with Gasteiger partial charge in [-0.3, -0.25) is 10.1 Å². The largest absolute Gasteiger partial charge is 0.450 e. The number of ether oxygens (including phenoxy) is 1. The number of nitrogen functional groups attached to an aromatic ring is 1. The number of hydrogen-bond acceptors (Lipinski definition) is 5. The Bertz CT molecular complexity index is 677. The lowest BCUT2D eigenvalue weighted by Crippen LogP contribution is -1.96. The molecule has 0 saturated heterocycles. The molecule has 19 heavy (non-hydrogen) atoms. The zero-order chi connectivity index (χ0) is 13.8. The van der Waals surface area contributed by atoms with Crippen LogP contribution in [0, 0.1) is 21.4 Å². The molecule has 0 bridgehead atoms. The van der Waals surface area contributed by atoms with E-state index in [1.54, 1.807) is 30.3 Å². The average Bonchev–Trinajstić information content (AvgIpc) is 2.38. The predicted molar refractivity (Wildman–Crippen MR) is 68.7 cm³/mol. The molecule has 0 radical (unpaired) electrons. The number of nitrogens with zero attached hydrogens (tertiary/aromatic N) is 2. The minimum Gasteiger partial charge on any atom is -0.450 e. The van der Waals surface area contributed by atoms with Gasteiger partial charge in [0.1, 0.15) is 17.4 Å². The van der Waals surface area contributed by atoms with Crippen LogP contribution in [-0.4, -0.2) is 4.92 Å². The summed E-state index contributed by atoms with van der Waals surface area (Å²) in [7, 11) is 0. The quantitative estimate of drug-likeness (QED) is 0.516. The molecule has 0 aliphatic rings.